The third-order valence-electron chi connectivity index (χ3n) is 2.48. The zero-order chi connectivity index (χ0) is 12.8. The van der Waals surface area contributed by atoms with Crippen LogP contribution in [0, 0.1) is 5.82 Å². The zero-order valence-corrected chi connectivity index (χ0v) is 11.4. The molecule has 0 bridgehead atoms. The first kappa shape index (κ1) is 14.4. The van der Waals surface area contributed by atoms with E-state index in [9.17, 15) is 4.39 Å². The predicted octanol–water partition coefficient (Wildman–Crippen LogP) is 2.91. The predicted molar refractivity (Wildman–Crippen MR) is 70.9 cm³/mol. The molecule has 1 rings (SSSR count). The molecule has 0 aromatic heterocycles. The van der Waals surface area contributed by atoms with Gasteiger partial charge in [0.25, 0.3) is 0 Å². The summed E-state index contributed by atoms with van der Waals surface area (Å²) in [6.07, 6.45) is 0. The van der Waals surface area contributed by atoms with Crippen molar-refractivity contribution in [1.82, 2.24) is 10.2 Å². The van der Waals surface area contributed by atoms with E-state index >= 15 is 0 Å². The maximum absolute atomic E-state index is 13.0. The highest BCUT2D eigenvalue weighted by atomic mass is 35.5. The molecule has 4 heteroatoms. The lowest BCUT2D eigenvalue weighted by molar-refractivity contribution is 0.320. The van der Waals surface area contributed by atoms with Gasteiger partial charge in [-0.05, 0) is 24.7 Å². The molecular formula is C13H20ClFN2. The van der Waals surface area contributed by atoms with Gasteiger partial charge in [0, 0.05) is 25.7 Å². The van der Waals surface area contributed by atoms with Crippen molar-refractivity contribution in [2.75, 3.05) is 20.1 Å². The second-order valence-corrected chi connectivity index (χ2v) is 5.00. The molecule has 0 spiro atoms. The lowest BCUT2D eigenvalue weighted by atomic mass is 10.2. The Kier molecular flexibility index (Phi) is 5.89. The quantitative estimate of drug-likeness (QED) is 0.844. The number of likely N-dealkylation sites (N-methyl/N-ethyl adjacent to an activating group) is 1. The van der Waals surface area contributed by atoms with Crippen LogP contribution in [0.15, 0.2) is 18.2 Å². The van der Waals surface area contributed by atoms with Crippen molar-refractivity contribution in [3.8, 4) is 0 Å². The van der Waals surface area contributed by atoms with Crippen molar-refractivity contribution in [1.29, 1.82) is 0 Å². The van der Waals surface area contributed by atoms with E-state index in [0.717, 1.165) is 25.2 Å². The maximum atomic E-state index is 13.0. The van der Waals surface area contributed by atoms with Crippen LogP contribution >= 0.6 is 11.6 Å². The lowest BCUT2D eigenvalue weighted by Gasteiger charge is -2.18. The van der Waals surface area contributed by atoms with Gasteiger partial charge in [-0.25, -0.2) is 4.39 Å². The standard InChI is InChI=1S/C13H20ClFN2/c1-10(2)16-6-7-17(3)9-11-4-5-13(15)12(14)8-11/h4-5,8,10,16H,6-7,9H2,1-3H3. The Balaban J connectivity index is 2.39. The molecule has 1 aromatic rings. The van der Waals surface area contributed by atoms with E-state index in [4.69, 9.17) is 11.6 Å². The van der Waals surface area contributed by atoms with Gasteiger partial charge in [-0.2, -0.15) is 0 Å². The van der Waals surface area contributed by atoms with E-state index < -0.39 is 0 Å². The molecule has 0 amide bonds. The summed E-state index contributed by atoms with van der Waals surface area (Å²) in [6, 6.07) is 5.37. The molecular weight excluding hydrogens is 239 g/mol. The number of hydrogen-bond donors (Lipinski definition) is 1. The molecule has 0 unspecified atom stereocenters. The Hall–Kier alpha value is -0.640. The molecule has 0 heterocycles. The van der Waals surface area contributed by atoms with Crippen molar-refractivity contribution in [3.63, 3.8) is 0 Å². The number of nitrogens with one attached hydrogen (secondary N) is 1. The fourth-order valence-electron chi connectivity index (χ4n) is 1.57. The van der Waals surface area contributed by atoms with Crippen molar-refractivity contribution in [2.24, 2.45) is 0 Å². The highest BCUT2D eigenvalue weighted by molar-refractivity contribution is 6.30. The first-order chi connectivity index (χ1) is 7.99. The zero-order valence-electron chi connectivity index (χ0n) is 10.6. The van der Waals surface area contributed by atoms with Crippen LogP contribution in [0.5, 0.6) is 0 Å². The van der Waals surface area contributed by atoms with Crippen molar-refractivity contribution in [2.45, 2.75) is 26.4 Å². The number of hydrogen-bond acceptors (Lipinski definition) is 2. The van der Waals surface area contributed by atoms with Gasteiger partial charge in [0.15, 0.2) is 0 Å². The van der Waals surface area contributed by atoms with Crippen molar-refractivity contribution < 1.29 is 4.39 Å². The van der Waals surface area contributed by atoms with Crippen LogP contribution in [0.1, 0.15) is 19.4 Å². The largest absolute Gasteiger partial charge is 0.313 e. The van der Waals surface area contributed by atoms with E-state index in [2.05, 4.69) is 24.1 Å². The molecule has 1 N–H and O–H groups in total. The summed E-state index contributed by atoms with van der Waals surface area (Å²) >= 11 is 5.74. The summed E-state index contributed by atoms with van der Waals surface area (Å²) in [4.78, 5) is 2.18. The highest BCUT2D eigenvalue weighted by Crippen LogP contribution is 2.16. The van der Waals surface area contributed by atoms with Crippen LogP contribution in [-0.4, -0.2) is 31.1 Å². The fraction of sp³-hybridized carbons (Fsp3) is 0.538. The number of rotatable bonds is 6. The summed E-state index contributed by atoms with van der Waals surface area (Å²) in [5, 5.41) is 3.55. The molecule has 0 fully saturated rings. The van der Waals surface area contributed by atoms with Gasteiger partial charge in [-0.1, -0.05) is 31.5 Å². The third-order valence-corrected chi connectivity index (χ3v) is 2.77. The summed E-state index contributed by atoms with van der Waals surface area (Å²) < 4.78 is 13.0. The van der Waals surface area contributed by atoms with E-state index in [-0.39, 0.29) is 10.8 Å². The number of benzene rings is 1. The Morgan fingerprint density at radius 3 is 2.71 bits per heavy atom. The van der Waals surface area contributed by atoms with Gasteiger partial charge >= 0.3 is 0 Å². The normalized spacial score (nSPS) is 11.5. The SMILES string of the molecule is CC(C)NCCN(C)Cc1ccc(F)c(Cl)c1. The second-order valence-electron chi connectivity index (χ2n) is 4.60. The number of nitrogens with zero attached hydrogens (tertiary/aromatic N) is 1. The monoisotopic (exact) mass is 258 g/mol. The first-order valence-corrected chi connectivity index (χ1v) is 6.22. The van der Waals surface area contributed by atoms with Crippen molar-refractivity contribution >= 4 is 11.6 Å². The maximum Gasteiger partial charge on any atom is 0.141 e. The van der Waals surface area contributed by atoms with Crippen LogP contribution in [0.4, 0.5) is 4.39 Å². The Bertz CT molecular complexity index is 355. The Morgan fingerprint density at radius 1 is 1.41 bits per heavy atom. The number of halogens is 2. The molecule has 17 heavy (non-hydrogen) atoms. The summed E-state index contributed by atoms with van der Waals surface area (Å²) in [7, 11) is 2.04. The summed E-state index contributed by atoms with van der Waals surface area (Å²) in [6.45, 7) is 6.93. The van der Waals surface area contributed by atoms with E-state index in [1.54, 1.807) is 12.1 Å². The molecule has 0 atom stereocenters. The van der Waals surface area contributed by atoms with Gasteiger partial charge in [-0.3, -0.25) is 0 Å². The second kappa shape index (κ2) is 6.94. The van der Waals surface area contributed by atoms with Gasteiger partial charge in [0.05, 0.1) is 5.02 Å². The van der Waals surface area contributed by atoms with E-state index in [1.807, 2.05) is 7.05 Å². The van der Waals surface area contributed by atoms with Crippen LogP contribution in [-0.2, 0) is 6.54 Å². The molecule has 0 saturated carbocycles. The molecule has 0 saturated heterocycles. The highest BCUT2D eigenvalue weighted by Gasteiger charge is 2.04. The topological polar surface area (TPSA) is 15.3 Å². The lowest BCUT2D eigenvalue weighted by Crippen LogP contribution is -2.32. The summed E-state index contributed by atoms with van der Waals surface area (Å²) in [5.41, 5.74) is 1.03. The molecule has 0 aliphatic carbocycles. The van der Waals surface area contributed by atoms with Crippen LogP contribution < -0.4 is 5.32 Å². The van der Waals surface area contributed by atoms with Crippen LogP contribution in [0.2, 0.25) is 5.02 Å². The molecule has 2 nitrogen and oxygen atoms in total. The molecule has 96 valence electrons. The van der Waals surface area contributed by atoms with Crippen LogP contribution in [0.25, 0.3) is 0 Å². The molecule has 0 radical (unpaired) electrons. The minimum Gasteiger partial charge on any atom is -0.313 e. The fourth-order valence-corrected chi connectivity index (χ4v) is 1.78. The van der Waals surface area contributed by atoms with E-state index in [0.29, 0.717) is 6.04 Å². The average Bonchev–Trinajstić information content (AvgIpc) is 2.23. The van der Waals surface area contributed by atoms with Crippen LogP contribution in [0.3, 0.4) is 0 Å². The minimum absolute atomic E-state index is 0.191. The van der Waals surface area contributed by atoms with Gasteiger partial charge in [0.1, 0.15) is 5.82 Å². The Morgan fingerprint density at radius 2 is 2.12 bits per heavy atom. The van der Waals surface area contributed by atoms with Gasteiger partial charge < -0.3 is 10.2 Å². The molecule has 0 aliphatic rings. The van der Waals surface area contributed by atoms with Gasteiger partial charge in [-0.15, -0.1) is 0 Å². The first-order valence-electron chi connectivity index (χ1n) is 5.85. The minimum atomic E-state index is -0.362. The average molecular weight is 259 g/mol. The molecule has 1 aromatic carbocycles. The van der Waals surface area contributed by atoms with E-state index in [1.165, 1.54) is 6.07 Å². The third kappa shape index (κ3) is 5.48. The summed E-state index contributed by atoms with van der Waals surface area (Å²) in [5.74, 6) is -0.362. The van der Waals surface area contributed by atoms with Gasteiger partial charge in [0.2, 0.25) is 0 Å². The Labute approximate surface area is 108 Å². The molecule has 0 aliphatic heterocycles. The van der Waals surface area contributed by atoms with Crippen molar-refractivity contribution in [3.05, 3.63) is 34.6 Å². The smallest absolute Gasteiger partial charge is 0.141 e.